The number of likely N-dealkylation sites (tertiary alicyclic amines) is 1. The van der Waals surface area contributed by atoms with Gasteiger partial charge in [-0.2, -0.15) is 0 Å². The quantitative estimate of drug-likeness (QED) is 0.627. The smallest absolute Gasteiger partial charge is 0.328 e. The van der Waals surface area contributed by atoms with Crippen LogP contribution in [-0.2, 0) is 14.3 Å². The maximum atomic E-state index is 12.1. The maximum Gasteiger partial charge on any atom is 0.328 e. The molecule has 1 fully saturated rings. The molecule has 1 aromatic rings. The first-order chi connectivity index (χ1) is 9.22. The SMILES string of the molecule is CCOC(=O)C1CCCN1C(=O)C=Cc1cccs1. The maximum absolute atomic E-state index is 12.1. The predicted molar refractivity (Wildman–Crippen MR) is 74.7 cm³/mol. The average molecular weight is 279 g/mol. The zero-order chi connectivity index (χ0) is 13.7. The molecule has 0 aliphatic carbocycles. The molecular weight excluding hydrogens is 262 g/mol. The molecule has 0 spiro atoms. The Labute approximate surface area is 116 Å². The van der Waals surface area contributed by atoms with Crippen molar-refractivity contribution in [1.29, 1.82) is 0 Å². The third-order valence-electron chi connectivity index (χ3n) is 3.03. The third kappa shape index (κ3) is 3.44. The molecule has 2 rings (SSSR count). The van der Waals surface area contributed by atoms with Crippen molar-refractivity contribution in [2.45, 2.75) is 25.8 Å². The number of nitrogens with zero attached hydrogens (tertiary/aromatic N) is 1. The highest BCUT2D eigenvalue weighted by molar-refractivity contribution is 7.10. The summed E-state index contributed by atoms with van der Waals surface area (Å²) in [4.78, 5) is 26.5. The van der Waals surface area contributed by atoms with Gasteiger partial charge in [0.2, 0.25) is 5.91 Å². The van der Waals surface area contributed by atoms with Crippen molar-refractivity contribution in [3.8, 4) is 0 Å². The second kappa shape index (κ2) is 6.52. The molecule has 1 atom stereocenters. The fourth-order valence-corrected chi connectivity index (χ4v) is 2.77. The molecular formula is C14H17NO3S. The summed E-state index contributed by atoms with van der Waals surface area (Å²) in [5, 5.41) is 1.96. The summed E-state index contributed by atoms with van der Waals surface area (Å²) in [5.41, 5.74) is 0. The van der Waals surface area contributed by atoms with E-state index in [1.165, 1.54) is 6.08 Å². The summed E-state index contributed by atoms with van der Waals surface area (Å²) < 4.78 is 5.00. The number of rotatable bonds is 4. The number of carbonyl (C=O) groups excluding carboxylic acids is 2. The van der Waals surface area contributed by atoms with Crippen LogP contribution in [0.2, 0.25) is 0 Å². The van der Waals surface area contributed by atoms with Gasteiger partial charge in [-0.05, 0) is 37.3 Å². The number of hydrogen-bond acceptors (Lipinski definition) is 4. The third-order valence-corrected chi connectivity index (χ3v) is 3.87. The van der Waals surface area contributed by atoms with E-state index in [-0.39, 0.29) is 11.9 Å². The van der Waals surface area contributed by atoms with Gasteiger partial charge in [0.05, 0.1) is 6.61 Å². The summed E-state index contributed by atoms with van der Waals surface area (Å²) in [6.07, 6.45) is 4.86. The molecule has 4 nitrogen and oxygen atoms in total. The molecule has 1 saturated heterocycles. The van der Waals surface area contributed by atoms with Gasteiger partial charge in [-0.3, -0.25) is 4.79 Å². The molecule has 1 aliphatic heterocycles. The van der Waals surface area contributed by atoms with E-state index in [1.807, 2.05) is 17.5 Å². The van der Waals surface area contributed by atoms with E-state index >= 15 is 0 Å². The normalized spacial score (nSPS) is 19.0. The van der Waals surface area contributed by atoms with Crippen LogP contribution < -0.4 is 0 Å². The Kier molecular flexibility index (Phi) is 4.74. The zero-order valence-electron chi connectivity index (χ0n) is 10.9. The van der Waals surface area contributed by atoms with Crippen LogP contribution in [0.3, 0.4) is 0 Å². The Bertz CT molecular complexity index is 467. The summed E-state index contributed by atoms with van der Waals surface area (Å²) in [5.74, 6) is -0.415. The van der Waals surface area contributed by atoms with Crippen LogP contribution >= 0.6 is 11.3 Å². The molecule has 0 radical (unpaired) electrons. The van der Waals surface area contributed by atoms with Crippen molar-refractivity contribution in [2.75, 3.05) is 13.2 Å². The van der Waals surface area contributed by atoms with Gasteiger partial charge < -0.3 is 9.64 Å². The van der Waals surface area contributed by atoms with Crippen LogP contribution in [0.5, 0.6) is 0 Å². The summed E-state index contributed by atoms with van der Waals surface area (Å²) in [6, 6.07) is 3.47. The lowest BCUT2D eigenvalue weighted by Crippen LogP contribution is -2.40. The van der Waals surface area contributed by atoms with E-state index in [2.05, 4.69) is 0 Å². The number of ether oxygens (including phenoxy) is 1. The first-order valence-electron chi connectivity index (χ1n) is 6.41. The minimum absolute atomic E-state index is 0.121. The van der Waals surface area contributed by atoms with Crippen molar-refractivity contribution in [3.63, 3.8) is 0 Å². The van der Waals surface area contributed by atoms with Gasteiger partial charge in [-0.25, -0.2) is 4.79 Å². The van der Waals surface area contributed by atoms with E-state index in [4.69, 9.17) is 4.74 Å². The number of esters is 1. The highest BCUT2D eigenvalue weighted by Crippen LogP contribution is 2.19. The van der Waals surface area contributed by atoms with Crippen molar-refractivity contribution < 1.29 is 14.3 Å². The second-order valence-corrected chi connectivity index (χ2v) is 5.27. The molecule has 19 heavy (non-hydrogen) atoms. The van der Waals surface area contributed by atoms with Crippen LogP contribution in [0.1, 0.15) is 24.6 Å². The number of amides is 1. The van der Waals surface area contributed by atoms with Crippen molar-refractivity contribution in [2.24, 2.45) is 0 Å². The Morgan fingerprint density at radius 1 is 1.58 bits per heavy atom. The standard InChI is InChI=1S/C14H17NO3S/c1-2-18-14(17)12-6-3-9-15(12)13(16)8-7-11-5-4-10-19-11/h4-5,7-8,10,12H,2-3,6,9H2,1H3. The number of hydrogen-bond donors (Lipinski definition) is 0. The highest BCUT2D eigenvalue weighted by Gasteiger charge is 2.33. The predicted octanol–water partition coefficient (Wildman–Crippen LogP) is 2.32. The molecule has 1 unspecified atom stereocenters. The molecule has 0 saturated carbocycles. The summed E-state index contributed by atoms with van der Waals surface area (Å²) in [6.45, 7) is 2.75. The van der Waals surface area contributed by atoms with Gasteiger partial charge >= 0.3 is 5.97 Å². The van der Waals surface area contributed by atoms with Crippen LogP contribution in [0.4, 0.5) is 0 Å². The van der Waals surface area contributed by atoms with Gasteiger partial charge in [-0.1, -0.05) is 6.07 Å². The molecule has 1 amide bonds. The van der Waals surface area contributed by atoms with E-state index in [0.717, 1.165) is 11.3 Å². The first kappa shape index (κ1) is 13.8. The van der Waals surface area contributed by atoms with E-state index < -0.39 is 6.04 Å². The number of thiophene rings is 1. The van der Waals surface area contributed by atoms with Gasteiger partial charge in [-0.15, -0.1) is 11.3 Å². The lowest BCUT2D eigenvalue weighted by atomic mass is 10.2. The lowest BCUT2D eigenvalue weighted by Gasteiger charge is -2.21. The topological polar surface area (TPSA) is 46.6 Å². The second-order valence-electron chi connectivity index (χ2n) is 4.29. The minimum atomic E-state index is -0.416. The largest absolute Gasteiger partial charge is 0.464 e. The fourth-order valence-electron chi connectivity index (χ4n) is 2.15. The molecule has 5 heteroatoms. The van der Waals surface area contributed by atoms with Crippen LogP contribution in [0, 0.1) is 0 Å². The zero-order valence-corrected chi connectivity index (χ0v) is 11.7. The Balaban J connectivity index is 1.99. The lowest BCUT2D eigenvalue weighted by molar-refractivity contribution is -0.151. The Morgan fingerprint density at radius 2 is 2.42 bits per heavy atom. The number of carbonyl (C=O) groups is 2. The highest BCUT2D eigenvalue weighted by atomic mass is 32.1. The van der Waals surface area contributed by atoms with Gasteiger partial charge in [0.25, 0.3) is 0 Å². The molecule has 1 aromatic heterocycles. The van der Waals surface area contributed by atoms with Crippen molar-refractivity contribution in [3.05, 3.63) is 28.5 Å². The molecule has 0 bridgehead atoms. The summed E-state index contributed by atoms with van der Waals surface area (Å²) in [7, 11) is 0. The summed E-state index contributed by atoms with van der Waals surface area (Å²) >= 11 is 1.57. The monoisotopic (exact) mass is 279 g/mol. The molecule has 102 valence electrons. The van der Waals surface area contributed by atoms with E-state index in [0.29, 0.717) is 19.6 Å². The van der Waals surface area contributed by atoms with Gasteiger partial charge in [0.1, 0.15) is 6.04 Å². The van der Waals surface area contributed by atoms with Crippen molar-refractivity contribution in [1.82, 2.24) is 4.90 Å². The molecule has 2 heterocycles. The van der Waals surface area contributed by atoms with E-state index in [1.54, 1.807) is 29.2 Å². The van der Waals surface area contributed by atoms with Gasteiger partial charge in [0, 0.05) is 17.5 Å². The minimum Gasteiger partial charge on any atom is -0.464 e. The fraction of sp³-hybridized carbons (Fsp3) is 0.429. The average Bonchev–Trinajstić information content (AvgIpc) is 3.07. The van der Waals surface area contributed by atoms with Crippen LogP contribution in [-0.4, -0.2) is 36.0 Å². The van der Waals surface area contributed by atoms with Crippen LogP contribution in [0.15, 0.2) is 23.6 Å². The van der Waals surface area contributed by atoms with Crippen LogP contribution in [0.25, 0.3) is 6.08 Å². The molecule has 0 aromatic carbocycles. The Morgan fingerprint density at radius 3 is 3.11 bits per heavy atom. The molecule has 1 aliphatic rings. The van der Waals surface area contributed by atoms with Crippen molar-refractivity contribution >= 4 is 29.3 Å². The Hall–Kier alpha value is -1.62. The van der Waals surface area contributed by atoms with Gasteiger partial charge in [0.15, 0.2) is 0 Å². The molecule has 0 N–H and O–H groups in total. The van der Waals surface area contributed by atoms with E-state index in [9.17, 15) is 9.59 Å². The first-order valence-corrected chi connectivity index (χ1v) is 7.29.